The van der Waals surface area contributed by atoms with Crippen LogP contribution >= 0.6 is 11.6 Å². The number of nitrogens with one attached hydrogen (secondary N) is 1. The van der Waals surface area contributed by atoms with Crippen molar-refractivity contribution in [3.05, 3.63) is 58.6 Å². The fourth-order valence-corrected chi connectivity index (χ4v) is 3.47. The maximum Gasteiger partial charge on any atom is 0.245 e. The van der Waals surface area contributed by atoms with E-state index in [2.05, 4.69) is 5.32 Å². The summed E-state index contributed by atoms with van der Waals surface area (Å²) in [6, 6.07) is 12.2. The minimum absolute atomic E-state index is 0.310. The lowest BCUT2D eigenvalue weighted by atomic mass is 10.2. The molecule has 0 aromatic heterocycles. The highest BCUT2D eigenvalue weighted by Gasteiger charge is 2.22. The summed E-state index contributed by atoms with van der Waals surface area (Å²) in [6.45, 7) is 3.35. The van der Waals surface area contributed by atoms with Gasteiger partial charge in [0.15, 0.2) is 0 Å². The van der Waals surface area contributed by atoms with Crippen molar-refractivity contribution >= 4 is 38.9 Å². The molecule has 0 unspecified atom stereocenters. The molecule has 0 aliphatic carbocycles. The molecular formula is C17H19ClN2O3S. The van der Waals surface area contributed by atoms with Crippen LogP contribution in [0.3, 0.4) is 0 Å². The van der Waals surface area contributed by atoms with Crippen LogP contribution in [-0.4, -0.2) is 27.1 Å². The summed E-state index contributed by atoms with van der Waals surface area (Å²) in [5.74, 6) is -0.416. The summed E-state index contributed by atoms with van der Waals surface area (Å²) in [5, 5.41) is 3.22. The molecule has 0 atom stereocenters. The van der Waals surface area contributed by atoms with E-state index in [1.807, 2.05) is 25.1 Å². The molecule has 0 spiro atoms. The minimum Gasteiger partial charge on any atom is -0.325 e. The van der Waals surface area contributed by atoms with E-state index >= 15 is 0 Å². The van der Waals surface area contributed by atoms with Crippen LogP contribution in [0.1, 0.15) is 11.1 Å². The van der Waals surface area contributed by atoms with E-state index in [0.717, 1.165) is 16.1 Å². The first-order valence-corrected chi connectivity index (χ1v) is 9.50. The number of aryl methyl sites for hydroxylation is 2. The van der Waals surface area contributed by atoms with Gasteiger partial charge in [-0.3, -0.25) is 9.10 Å². The van der Waals surface area contributed by atoms with Crippen LogP contribution < -0.4 is 9.62 Å². The first-order chi connectivity index (χ1) is 11.2. The highest BCUT2D eigenvalue weighted by atomic mass is 35.5. The molecule has 7 heteroatoms. The summed E-state index contributed by atoms with van der Waals surface area (Å²) in [5.41, 5.74) is 2.74. The summed E-state index contributed by atoms with van der Waals surface area (Å²) in [7, 11) is -3.62. The van der Waals surface area contributed by atoms with Crippen molar-refractivity contribution in [3.8, 4) is 0 Å². The van der Waals surface area contributed by atoms with Crippen molar-refractivity contribution in [1.29, 1.82) is 0 Å². The highest BCUT2D eigenvalue weighted by molar-refractivity contribution is 7.92. The van der Waals surface area contributed by atoms with Gasteiger partial charge >= 0.3 is 0 Å². The Balaban J connectivity index is 2.25. The zero-order valence-corrected chi connectivity index (χ0v) is 15.3. The first kappa shape index (κ1) is 18.3. The second kappa shape index (κ2) is 7.23. The number of halogens is 1. The molecule has 0 aliphatic rings. The van der Waals surface area contributed by atoms with Gasteiger partial charge in [-0.2, -0.15) is 0 Å². The molecule has 128 valence electrons. The molecule has 0 fully saturated rings. The second-order valence-corrected chi connectivity index (χ2v) is 7.96. The van der Waals surface area contributed by atoms with Gasteiger partial charge in [-0.05, 0) is 55.3 Å². The number of nitrogens with zero attached hydrogens (tertiary/aromatic N) is 1. The molecule has 1 N–H and O–H groups in total. The molecule has 0 heterocycles. The summed E-state index contributed by atoms with van der Waals surface area (Å²) < 4.78 is 25.3. The van der Waals surface area contributed by atoms with Crippen LogP contribution in [0.4, 0.5) is 11.4 Å². The Morgan fingerprint density at radius 3 is 2.46 bits per heavy atom. The Morgan fingerprint density at radius 2 is 1.88 bits per heavy atom. The molecule has 0 saturated heterocycles. The van der Waals surface area contributed by atoms with Crippen LogP contribution in [0.15, 0.2) is 42.5 Å². The van der Waals surface area contributed by atoms with Crippen LogP contribution in [-0.2, 0) is 14.8 Å². The molecule has 2 rings (SSSR count). The number of carbonyl (C=O) groups is 1. The number of benzene rings is 2. The maximum atomic E-state index is 12.3. The van der Waals surface area contributed by atoms with E-state index in [0.29, 0.717) is 22.0 Å². The molecule has 0 radical (unpaired) electrons. The van der Waals surface area contributed by atoms with E-state index in [-0.39, 0.29) is 6.54 Å². The Kier molecular flexibility index (Phi) is 5.51. The standard InChI is InChI=1S/C17H19ClN2O3S/c1-12-5-4-6-15(9-12)19-17(21)11-20(24(3,22)23)16-8-7-14(18)10-13(16)2/h4-10H,11H2,1-3H3,(H,19,21). The van der Waals surface area contributed by atoms with Crippen LogP contribution in [0.2, 0.25) is 5.02 Å². The molecule has 0 saturated carbocycles. The molecular weight excluding hydrogens is 348 g/mol. The van der Waals surface area contributed by atoms with Gasteiger partial charge in [-0.1, -0.05) is 23.7 Å². The van der Waals surface area contributed by atoms with Crippen molar-refractivity contribution in [2.24, 2.45) is 0 Å². The fraction of sp³-hybridized carbons (Fsp3) is 0.235. The zero-order chi connectivity index (χ0) is 17.9. The normalized spacial score (nSPS) is 11.2. The zero-order valence-electron chi connectivity index (χ0n) is 13.7. The first-order valence-electron chi connectivity index (χ1n) is 7.27. The molecule has 2 aromatic rings. The molecule has 1 amide bonds. The van der Waals surface area contributed by atoms with Crippen molar-refractivity contribution < 1.29 is 13.2 Å². The SMILES string of the molecule is Cc1cccc(NC(=O)CN(c2ccc(Cl)cc2C)S(C)(=O)=O)c1. The highest BCUT2D eigenvalue weighted by Crippen LogP contribution is 2.25. The number of carbonyl (C=O) groups excluding carboxylic acids is 1. The van der Waals surface area contributed by atoms with E-state index in [1.54, 1.807) is 31.2 Å². The third-order valence-electron chi connectivity index (χ3n) is 3.42. The Hall–Kier alpha value is -2.05. The maximum absolute atomic E-state index is 12.3. The van der Waals surface area contributed by atoms with Gasteiger partial charge in [0.25, 0.3) is 0 Å². The number of anilines is 2. The van der Waals surface area contributed by atoms with Crippen LogP contribution in [0, 0.1) is 13.8 Å². The monoisotopic (exact) mass is 366 g/mol. The van der Waals surface area contributed by atoms with Crippen molar-refractivity contribution in [3.63, 3.8) is 0 Å². The molecule has 0 bridgehead atoms. The number of hydrogen-bond donors (Lipinski definition) is 1. The van der Waals surface area contributed by atoms with Gasteiger partial charge in [0.1, 0.15) is 6.54 Å². The molecule has 24 heavy (non-hydrogen) atoms. The number of amides is 1. The minimum atomic E-state index is -3.62. The number of sulfonamides is 1. The Bertz CT molecular complexity index is 866. The van der Waals surface area contributed by atoms with Gasteiger partial charge in [0, 0.05) is 10.7 Å². The summed E-state index contributed by atoms with van der Waals surface area (Å²) >= 11 is 5.92. The third kappa shape index (κ3) is 4.72. The Morgan fingerprint density at radius 1 is 1.17 bits per heavy atom. The predicted molar refractivity (Wildman–Crippen MR) is 98.2 cm³/mol. The average molecular weight is 367 g/mol. The quantitative estimate of drug-likeness (QED) is 0.882. The van der Waals surface area contributed by atoms with E-state index < -0.39 is 15.9 Å². The van der Waals surface area contributed by atoms with E-state index in [1.165, 1.54) is 0 Å². The second-order valence-electron chi connectivity index (χ2n) is 5.62. The van der Waals surface area contributed by atoms with Gasteiger partial charge in [-0.15, -0.1) is 0 Å². The molecule has 2 aromatic carbocycles. The van der Waals surface area contributed by atoms with Crippen LogP contribution in [0.25, 0.3) is 0 Å². The lowest BCUT2D eigenvalue weighted by Crippen LogP contribution is -2.37. The third-order valence-corrected chi connectivity index (χ3v) is 4.78. The number of rotatable bonds is 5. The predicted octanol–water partition coefficient (Wildman–Crippen LogP) is 3.36. The number of hydrogen-bond acceptors (Lipinski definition) is 3. The molecule has 5 nitrogen and oxygen atoms in total. The average Bonchev–Trinajstić information content (AvgIpc) is 2.44. The lowest BCUT2D eigenvalue weighted by Gasteiger charge is -2.23. The van der Waals surface area contributed by atoms with Gasteiger partial charge < -0.3 is 5.32 Å². The topological polar surface area (TPSA) is 66.5 Å². The van der Waals surface area contributed by atoms with E-state index in [4.69, 9.17) is 11.6 Å². The smallest absolute Gasteiger partial charge is 0.245 e. The largest absolute Gasteiger partial charge is 0.325 e. The summed E-state index contributed by atoms with van der Waals surface area (Å²) in [6.07, 6.45) is 1.07. The van der Waals surface area contributed by atoms with Gasteiger partial charge in [-0.25, -0.2) is 8.42 Å². The van der Waals surface area contributed by atoms with Crippen molar-refractivity contribution in [2.45, 2.75) is 13.8 Å². The van der Waals surface area contributed by atoms with Gasteiger partial charge in [0.2, 0.25) is 15.9 Å². The van der Waals surface area contributed by atoms with Gasteiger partial charge in [0.05, 0.1) is 11.9 Å². The summed E-state index contributed by atoms with van der Waals surface area (Å²) in [4.78, 5) is 12.3. The van der Waals surface area contributed by atoms with E-state index in [9.17, 15) is 13.2 Å². The molecule has 0 aliphatic heterocycles. The lowest BCUT2D eigenvalue weighted by molar-refractivity contribution is -0.114. The Labute approximate surface area is 147 Å². The fourth-order valence-electron chi connectivity index (χ4n) is 2.33. The van der Waals surface area contributed by atoms with Crippen LogP contribution in [0.5, 0.6) is 0 Å². The van der Waals surface area contributed by atoms with Crippen molar-refractivity contribution in [1.82, 2.24) is 0 Å². The van der Waals surface area contributed by atoms with Crippen molar-refractivity contribution in [2.75, 3.05) is 22.4 Å².